The summed E-state index contributed by atoms with van der Waals surface area (Å²) in [6.45, 7) is 0. The maximum absolute atomic E-state index is 13.7. The van der Waals surface area contributed by atoms with Crippen molar-refractivity contribution in [2.75, 3.05) is 12.8 Å². The van der Waals surface area contributed by atoms with Crippen molar-refractivity contribution in [2.24, 2.45) is 0 Å². The molecule has 0 unspecified atom stereocenters. The van der Waals surface area contributed by atoms with Crippen LogP contribution in [0.2, 0.25) is 5.02 Å². The summed E-state index contributed by atoms with van der Waals surface area (Å²) in [5.41, 5.74) is 6.22. The Kier molecular flexibility index (Phi) is 4.52. The third kappa shape index (κ3) is 3.05. The molecule has 0 radical (unpaired) electrons. The Labute approximate surface area is 124 Å². The average Bonchev–Trinajstić information content (AvgIpc) is 2.42. The van der Waals surface area contributed by atoms with Crippen LogP contribution in [0, 0.1) is 5.82 Å². The van der Waals surface area contributed by atoms with E-state index in [1.807, 2.05) is 0 Å². The molecule has 0 heterocycles. The molecule has 0 saturated heterocycles. The van der Waals surface area contributed by atoms with Gasteiger partial charge >= 0.3 is 5.97 Å². The number of ether oxygens (including phenoxy) is 1. The molecule has 2 aromatic rings. The summed E-state index contributed by atoms with van der Waals surface area (Å²) in [6.07, 6.45) is 0. The number of methoxy groups -OCH3 is 1. The zero-order valence-electron chi connectivity index (χ0n) is 10.5. The molecule has 0 aliphatic carbocycles. The van der Waals surface area contributed by atoms with E-state index in [2.05, 4.69) is 0 Å². The van der Waals surface area contributed by atoms with Crippen LogP contribution in [0.15, 0.2) is 46.2 Å². The number of hydrogen-bond donors (Lipinski definition) is 1. The zero-order valence-corrected chi connectivity index (χ0v) is 12.1. The van der Waals surface area contributed by atoms with Gasteiger partial charge in [-0.1, -0.05) is 35.5 Å². The van der Waals surface area contributed by atoms with Crippen LogP contribution in [-0.4, -0.2) is 13.1 Å². The van der Waals surface area contributed by atoms with E-state index in [9.17, 15) is 9.18 Å². The standard InChI is InChI=1S/C14H11ClFNO2S/c1-19-14(18)9-6-8(17)7-10(15)13(9)20-12-5-3-2-4-11(12)16/h2-7H,17H2,1H3. The van der Waals surface area contributed by atoms with Gasteiger partial charge in [0.15, 0.2) is 0 Å². The molecule has 6 heteroatoms. The topological polar surface area (TPSA) is 52.3 Å². The normalized spacial score (nSPS) is 10.3. The number of rotatable bonds is 3. The fourth-order valence-corrected chi connectivity index (χ4v) is 2.90. The van der Waals surface area contributed by atoms with E-state index in [0.717, 1.165) is 11.8 Å². The van der Waals surface area contributed by atoms with Crippen LogP contribution in [-0.2, 0) is 4.74 Å². The Hall–Kier alpha value is -1.72. The Morgan fingerprint density at radius 3 is 2.70 bits per heavy atom. The largest absolute Gasteiger partial charge is 0.465 e. The molecular weight excluding hydrogens is 301 g/mol. The maximum atomic E-state index is 13.7. The lowest BCUT2D eigenvalue weighted by Crippen LogP contribution is -2.05. The van der Waals surface area contributed by atoms with Gasteiger partial charge in [-0.2, -0.15) is 0 Å². The molecule has 2 aromatic carbocycles. The first kappa shape index (κ1) is 14.7. The minimum Gasteiger partial charge on any atom is -0.465 e. The SMILES string of the molecule is COC(=O)c1cc(N)cc(Cl)c1Sc1ccccc1F. The van der Waals surface area contributed by atoms with Crippen molar-refractivity contribution >= 4 is 35.0 Å². The van der Waals surface area contributed by atoms with Crippen molar-refractivity contribution in [3.8, 4) is 0 Å². The number of benzene rings is 2. The van der Waals surface area contributed by atoms with Gasteiger partial charge in [0.2, 0.25) is 0 Å². The Bertz CT molecular complexity index is 664. The van der Waals surface area contributed by atoms with Crippen molar-refractivity contribution in [1.82, 2.24) is 0 Å². The smallest absolute Gasteiger partial charge is 0.339 e. The van der Waals surface area contributed by atoms with Crippen molar-refractivity contribution in [1.29, 1.82) is 0 Å². The molecule has 2 rings (SSSR count). The van der Waals surface area contributed by atoms with Gasteiger partial charge < -0.3 is 10.5 Å². The molecule has 0 bridgehead atoms. The highest BCUT2D eigenvalue weighted by Crippen LogP contribution is 2.38. The van der Waals surface area contributed by atoms with E-state index in [1.54, 1.807) is 18.2 Å². The second-order valence-corrected chi connectivity index (χ2v) is 5.36. The van der Waals surface area contributed by atoms with Crippen LogP contribution >= 0.6 is 23.4 Å². The van der Waals surface area contributed by atoms with Crippen molar-refractivity contribution in [3.63, 3.8) is 0 Å². The lowest BCUT2D eigenvalue weighted by atomic mass is 10.2. The monoisotopic (exact) mass is 311 g/mol. The quantitative estimate of drug-likeness (QED) is 0.687. The summed E-state index contributed by atoms with van der Waals surface area (Å²) in [4.78, 5) is 12.6. The van der Waals surface area contributed by atoms with Gasteiger partial charge in [0, 0.05) is 15.5 Å². The van der Waals surface area contributed by atoms with Gasteiger partial charge in [-0.05, 0) is 24.3 Å². The molecule has 0 fully saturated rings. The molecule has 2 N–H and O–H groups in total. The Morgan fingerprint density at radius 2 is 2.05 bits per heavy atom. The minimum absolute atomic E-state index is 0.214. The lowest BCUT2D eigenvalue weighted by Gasteiger charge is -2.11. The Morgan fingerprint density at radius 1 is 1.35 bits per heavy atom. The number of carbonyl (C=O) groups is 1. The van der Waals surface area contributed by atoms with Crippen LogP contribution in [0.5, 0.6) is 0 Å². The summed E-state index contributed by atoms with van der Waals surface area (Å²) in [6, 6.07) is 9.21. The number of carbonyl (C=O) groups excluding carboxylic acids is 1. The number of esters is 1. The van der Waals surface area contributed by atoms with E-state index < -0.39 is 5.97 Å². The van der Waals surface area contributed by atoms with Crippen molar-refractivity contribution in [2.45, 2.75) is 9.79 Å². The van der Waals surface area contributed by atoms with Crippen LogP contribution < -0.4 is 5.73 Å². The van der Waals surface area contributed by atoms with Gasteiger partial charge in [0.1, 0.15) is 5.82 Å². The van der Waals surface area contributed by atoms with Gasteiger partial charge in [-0.25, -0.2) is 9.18 Å². The number of nitrogens with two attached hydrogens (primary N) is 1. The number of halogens is 2. The van der Waals surface area contributed by atoms with Crippen LogP contribution in [0.4, 0.5) is 10.1 Å². The molecule has 0 atom stereocenters. The molecular formula is C14H11ClFNO2S. The van der Waals surface area contributed by atoms with E-state index in [-0.39, 0.29) is 16.4 Å². The highest BCUT2D eigenvalue weighted by molar-refractivity contribution is 7.99. The first-order valence-corrected chi connectivity index (χ1v) is 6.82. The zero-order chi connectivity index (χ0) is 14.7. The molecule has 3 nitrogen and oxygen atoms in total. The predicted octanol–water partition coefficient (Wildman–Crippen LogP) is 4.00. The minimum atomic E-state index is -0.571. The molecule has 104 valence electrons. The first-order chi connectivity index (χ1) is 9.52. The summed E-state index contributed by atoms with van der Waals surface area (Å²) in [7, 11) is 1.26. The van der Waals surface area contributed by atoms with Crippen LogP contribution in [0.1, 0.15) is 10.4 Å². The van der Waals surface area contributed by atoms with E-state index >= 15 is 0 Å². The summed E-state index contributed by atoms with van der Waals surface area (Å²) < 4.78 is 18.4. The third-order valence-corrected chi connectivity index (χ3v) is 4.13. The molecule has 0 aliphatic heterocycles. The first-order valence-electron chi connectivity index (χ1n) is 5.62. The van der Waals surface area contributed by atoms with E-state index in [4.69, 9.17) is 22.1 Å². The highest BCUT2D eigenvalue weighted by Gasteiger charge is 2.18. The number of nitrogen functional groups attached to an aromatic ring is 1. The van der Waals surface area contributed by atoms with Gasteiger partial charge in [-0.15, -0.1) is 0 Å². The highest BCUT2D eigenvalue weighted by atomic mass is 35.5. The molecule has 0 amide bonds. The lowest BCUT2D eigenvalue weighted by molar-refractivity contribution is 0.0597. The average molecular weight is 312 g/mol. The summed E-state index contributed by atoms with van der Waals surface area (Å²) in [5, 5.41) is 0.277. The molecule has 0 aromatic heterocycles. The van der Waals surface area contributed by atoms with Gasteiger partial charge in [-0.3, -0.25) is 0 Å². The van der Waals surface area contributed by atoms with Crippen molar-refractivity contribution < 1.29 is 13.9 Å². The molecule has 0 saturated carbocycles. The molecule has 0 spiro atoms. The van der Waals surface area contributed by atoms with Gasteiger partial charge in [0.05, 0.1) is 17.7 Å². The van der Waals surface area contributed by atoms with Crippen LogP contribution in [0.25, 0.3) is 0 Å². The van der Waals surface area contributed by atoms with Gasteiger partial charge in [0.25, 0.3) is 0 Å². The van der Waals surface area contributed by atoms with E-state index in [0.29, 0.717) is 15.5 Å². The summed E-state index contributed by atoms with van der Waals surface area (Å²) in [5.74, 6) is -0.959. The maximum Gasteiger partial charge on any atom is 0.339 e. The van der Waals surface area contributed by atoms with Crippen molar-refractivity contribution in [3.05, 3.63) is 52.8 Å². The predicted molar refractivity (Wildman–Crippen MR) is 77.7 cm³/mol. The fraction of sp³-hybridized carbons (Fsp3) is 0.0714. The summed E-state index contributed by atoms with van der Waals surface area (Å²) >= 11 is 7.16. The third-order valence-electron chi connectivity index (χ3n) is 2.52. The Balaban J connectivity index is 2.50. The second kappa shape index (κ2) is 6.15. The fourth-order valence-electron chi connectivity index (χ4n) is 1.62. The van der Waals surface area contributed by atoms with E-state index in [1.165, 1.54) is 25.3 Å². The molecule has 0 aliphatic rings. The van der Waals surface area contributed by atoms with Crippen LogP contribution in [0.3, 0.4) is 0 Å². The molecule has 20 heavy (non-hydrogen) atoms. The number of anilines is 1. The second-order valence-electron chi connectivity index (χ2n) is 3.90. The number of hydrogen-bond acceptors (Lipinski definition) is 4.